The van der Waals surface area contributed by atoms with Crippen molar-refractivity contribution < 1.29 is 9.50 Å². The first-order valence-electron chi connectivity index (χ1n) is 7.44. The number of aliphatic hydroxyl groups is 1. The van der Waals surface area contributed by atoms with Crippen LogP contribution in [0.5, 0.6) is 0 Å². The molecule has 0 radical (unpaired) electrons. The summed E-state index contributed by atoms with van der Waals surface area (Å²) in [4.78, 5) is 0. The van der Waals surface area contributed by atoms with Gasteiger partial charge in [0, 0.05) is 22.6 Å². The lowest BCUT2D eigenvalue weighted by Gasteiger charge is -2.34. The summed E-state index contributed by atoms with van der Waals surface area (Å²) in [6, 6.07) is 7.26. The molecule has 0 amide bonds. The maximum Gasteiger partial charge on any atom is 0.126 e. The quantitative estimate of drug-likeness (QED) is 0.834. The molecule has 1 unspecified atom stereocenters. The van der Waals surface area contributed by atoms with Crippen molar-refractivity contribution in [3.63, 3.8) is 0 Å². The van der Waals surface area contributed by atoms with Gasteiger partial charge in [0.1, 0.15) is 5.82 Å². The molecule has 0 saturated carbocycles. The molecule has 1 aliphatic rings. The summed E-state index contributed by atoms with van der Waals surface area (Å²) in [6.07, 6.45) is 1.29. The average molecular weight is 287 g/mol. The third-order valence-corrected chi connectivity index (χ3v) is 4.47. The maximum atomic E-state index is 13.5. The Balaban J connectivity index is 2.18. The Morgan fingerprint density at radius 1 is 1.24 bits per heavy atom. The number of aromatic nitrogens is 1. The average Bonchev–Trinajstić information content (AvgIpc) is 2.68. The monoisotopic (exact) mass is 287 g/mol. The van der Waals surface area contributed by atoms with E-state index in [-0.39, 0.29) is 11.2 Å². The summed E-state index contributed by atoms with van der Waals surface area (Å²) >= 11 is 0. The van der Waals surface area contributed by atoms with Gasteiger partial charge in [-0.2, -0.15) is 0 Å². The highest BCUT2D eigenvalue weighted by molar-refractivity contribution is 5.45. The first kappa shape index (κ1) is 14.3. The molecule has 0 aliphatic heterocycles. The van der Waals surface area contributed by atoms with Crippen molar-refractivity contribution in [2.24, 2.45) is 5.41 Å². The van der Waals surface area contributed by atoms with E-state index in [2.05, 4.69) is 24.5 Å². The number of halogens is 1. The number of rotatable bonds is 1. The zero-order valence-corrected chi connectivity index (χ0v) is 13.1. The number of nitrogens with zero attached hydrogens (tertiary/aromatic N) is 1. The highest BCUT2D eigenvalue weighted by atomic mass is 19.1. The summed E-state index contributed by atoms with van der Waals surface area (Å²) in [5.74, 6) is -0.183. The molecule has 1 atom stereocenters. The van der Waals surface area contributed by atoms with Crippen molar-refractivity contribution in [2.75, 3.05) is 0 Å². The Kier molecular flexibility index (Phi) is 3.21. The predicted molar refractivity (Wildman–Crippen MR) is 82.3 cm³/mol. The molecule has 0 fully saturated rings. The number of hydrogen-bond acceptors (Lipinski definition) is 1. The molecule has 1 aromatic carbocycles. The second-order valence-corrected chi connectivity index (χ2v) is 7.02. The van der Waals surface area contributed by atoms with Gasteiger partial charge in [-0.25, -0.2) is 4.39 Å². The number of hydrogen-bond donors (Lipinski definition) is 1. The summed E-state index contributed by atoms with van der Waals surface area (Å²) in [7, 11) is 0. The van der Waals surface area contributed by atoms with Gasteiger partial charge in [-0.15, -0.1) is 0 Å². The molecule has 2 nitrogen and oxygen atoms in total. The largest absolute Gasteiger partial charge is 0.388 e. The van der Waals surface area contributed by atoms with Crippen LogP contribution in [0.4, 0.5) is 4.39 Å². The molecule has 0 spiro atoms. The van der Waals surface area contributed by atoms with Gasteiger partial charge in [0.05, 0.1) is 6.10 Å². The maximum absolute atomic E-state index is 13.5. The molecule has 0 bridgehead atoms. The minimum absolute atomic E-state index is 0.0734. The van der Waals surface area contributed by atoms with Gasteiger partial charge in [-0.3, -0.25) is 0 Å². The van der Waals surface area contributed by atoms with E-state index in [1.54, 1.807) is 6.92 Å². The van der Waals surface area contributed by atoms with Crippen LogP contribution in [0.25, 0.3) is 5.69 Å². The van der Waals surface area contributed by atoms with Crippen molar-refractivity contribution in [1.29, 1.82) is 0 Å². The van der Waals surface area contributed by atoms with Gasteiger partial charge in [-0.05, 0) is 61.9 Å². The summed E-state index contributed by atoms with van der Waals surface area (Å²) in [6.45, 7) is 8.18. The van der Waals surface area contributed by atoms with Crippen LogP contribution in [-0.2, 0) is 6.42 Å². The lowest BCUT2D eigenvalue weighted by atomic mass is 9.75. The Bertz CT molecular complexity index is 699. The number of fused-ring (bicyclic) bond motifs is 1. The number of aryl methyl sites for hydroxylation is 2. The van der Waals surface area contributed by atoms with Gasteiger partial charge in [0.25, 0.3) is 0 Å². The van der Waals surface area contributed by atoms with Gasteiger partial charge in [0.15, 0.2) is 0 Å². The molecule has 3 heteroatoms. The van der Waals surface area contributed by atoms with E-state index in [4.69, 9.17) is 0 Å². The first-order valence-corrected chi connectivity index (χ1v) is 7.44. The Labute approximate surface area is 125 Å². The highest BCUT2D eigenvalue weighted by Gasteiger charge is 2.34. The van der Waals surface area contributed by atoms with E-state index in [1.807, 2.05) is 19.1 Å². The Morgan fingerprint density at radius 3 is 2.62 bits per heavy atom. The van der Waals surface area contributed by atoms with Gasteiger partial charge >= 0.3 is 0 Å². The van der Waals surface area contributed by atoms with E-state index >= 15 is 0 Å². The van der Waals surface area contributed by atoms with Crippen LogP contribution >= 0.6 is 0 Å². The summed E-state index contributed by atoms with van der Waals surface area (Å²) < 4.78 is 15.7. The molecule has 0 saturated heterocycles. The fourth-order valence-electron chi connectivity index (χ4n) is 3.47. The fraction of sp³-hybridized carbons (Fsp3) is 0.444. The number of benzene rings is 1. The van der Waals surface area contributed by atoms with Crippen LogP contribution in [0.15, 0.2) is 24.3 Å². The standard InChI is InChI=1S/C18H22FNO/c1-11-7-13(5-6-15(11)19)20-12(2)8-14-16(20)9-18(3,4)10-17(14)21/h5-8,17,21H,9-10H2,1-4H3. The molecule has 1 heterocycles. The lowest BCUT2D eigenvalue weighted by Crippen LogP contribution is -2.26. The van der Waals surface area contributed by atoms with Crippen molar-refractivity contribution in [1.82, 2.24) is 4.57 Å². The Hall–Kier alpha value is -1.61. The highest BCUT2D eigenvalue weighted by Crippen LogP contribution is 2.42. The van der Waals surface area contributed by atoms with Crippen LogP contribution < -0.4 is 0 Å². The SMILES string of the molecule is Cc1cc(-n2c(C)cc3c2CC(C)(C)CC3O)ccc1F. The van der Waals surface area contributed by atoms with Crippen LogP contribution in [0.2, 0.25) is 0 Å². The van der Waals surface area contributed by atoms with E-state index in [1.165, 1.54) is 6.07 Å². The van der Waals surface area contributed by atoms with Gasteiger partial charge < -0.3 is 9.67 Å². The van der Waals surface area contributed by atoms with Crippen LogP contribution in [0.1, 0.15) is 48.9 Å². The molecule has 3 rings (SSSR count). The molecule has 1 aliphatic carbocycles. The molecule has 1 aromatic heterocycles. The van der Waals surface area contributed by atoms with Gasteiger partial charge in [0.2, 0.25) is 0 Å². The second-order valence-electron chi connectivity index (χ2n) is 7.02. The topological polar surface area (TPSA) is 25.2 Å². The predicted octanol–water partition coefficient (Wildman–Crippen LogP) is 4.24. The summed E-state index contributed by atoms with van der Waals surface area (Å²) in [5, 5.41) is 10.4. The zero-order chi connectivity index (χ0) is 15.4. The smallest absolute Gasteiger partial charge is 0.126 e. The third-order valence-electron chi connectivity index (χ3n) is 4.47. The summed E-state index contributed by atoms with van der Waals surface area (Å²) in [5.41, 5.74) is 4.95. The van der Waals surface area contributed by atoms with Gasteiger partial charge in [-0.1, -0.05) is 13.8 Å². The lowest BCUT2D eigenvalue weighted by molar-refractivity contribution is 0.0987. The van der Waals surface area contributed by atoms with Crippen LogP contribution in [0, 0.1) is 25.1 Å². The van der Waals surface area contributed by atoms with Crippen molar-refractivity contribution >= 4 is 0 Å². The molecular weight excluding hydrogens is 265 g/mol. The van der Waals surface area contributed by atoms with E-state index in [0.717, 1.165) is 35.5 Å². The van der Waals surface area contributed by atoms with Crippen LogP contribution in [0.3, 0.4) is 0 Å². The number of aliphatic hydroxyl groups excluding tert-OH is 1. The zero-order valence-electron chi connectivity index (χ0n) is 13.1. The first-order chi connectivity index (χ1) is 9.78. The Morgan fingerprint density at radius 2 is 1.95 bits per heavy atom. The minimum Gasteiger partial charge on any atom is -0.388 e. The van der Waals surface area contributed by atoms with Crippen LogP contribution in [-0.4, -0.2) is 9.67 Å². The second kappa shape index (κ2) is 4.70. The molecular formula is C18H22FNO. The third kappa shape index (κ3) is 2.40. The minimum atomic E-state index is -0.412. The molecule has 2 aromatic rings. The van der Waals surface area contributed by atoms with Crippen molar-refractivity contribution in [3.8, 4) is 5.69 Å². The fourth-order valence-corrected chi connectivity index (χ4v) is 3.47. The molecule has 1 N–H and O–H groups in total. The molecule has 112 valence electrons. The molecule has 21 heavy (non-hydrogen) atoms. The van der Waals surface area contributed by atoms with E-state index in [0.29, 0.717) is 5.56 Å². The van der Waals surface area contributed by atoms with Crippen molar-refractivity contribution in [2.45, 2.75) is 46.6 Å². The normalized spacial score (nSPS) is 20.4. The van der Waals surface area contributed by atoms with Crippen molar-refractivity contribution in [3.05, 3.63) is 52.6 Å². The van der Waals surface area contributed by atoms with E-state index < -0.39 is 6.10 Å². The van der Waals surface area contributed by atoms with E-state index in [9.17, 15) is 9.50 Å².